The van der Waals surface area contributed by atoms with Crippen molar-refractivity contribution in [2.45, 2.75) is 19.4 Å². The average Bonchev–Trinajstić information content (AvgIpc) is 2.84. The van der Waals surface area contributed by atoms with E-state index >= 15 is 0 Å². The van der Waals surface area contributed by atoms with Gasteiger partial charge in [0, 0.05) is 42.6 Å². The predicted molar refractivity (Wildman–Crippen MR) is 125 cm³/mol. The summed E-state index contributed by atoms with van der Waals surface area (Å²) in [7, 11) is 0. The molecule has 3 aromatic rings. The topological polar surface area (TPSA) is 81.5 Å². The Morgan fingerprint density at radius 2 is 1.64 bits per heavy atom. The van der Waals surface area contributed by atoms with Crippen molar-refractivity contribution in [1.82, 2.24) is 9.80 Å². The van der Waals surface area contributed by atoms with Gasteiger partial charge in [0.15, 0.2) is 0 Å². The van der Waals surface area contributed by atoms with Crippen LogP contribution in [0, 0.1) is 11.3 Å². The minimum Gasteiger partial charge on any atom is -0.335 e. The van der Waals surface area contributed by atoms with E-state index in [0.717, 1.165) is 10.9 Å². The number of rotatable bonds is 8. The number of imide groups is 1. The number of carbonyl (C=O) groups excluding carboxylic acids is 3. The van der Waals surface area contributed by atoms with Gasteiger partial charge in [-0.3, -0.25) is 19.3 Å². The Kier molecular flexibility index (Phi) is 6.32. The van der Waals surface area contributed by atoms with Gasteiger partial charge in [-0.05, 0) is 41.6 Å². The third kappa shape index (κ3) is 4.39. The molecule has 0 saturated heterocycles. The minimum atomic E-state index is -0.322. The van der Waals surface area contributed by atoms with E-state index in [0.29, 0.717) is 41.6 Å². The van der Waals surface area contributed by atoms with E-state index in [1.807, 2.05) is 36.4 Å². The van der Waals surface area contributed by atoms with Crippen LogP contribution in [0.3, 0.4) is 0 Å². The van der Waals surface area contributed by atoms with Crippen molar-refractivity contribution >= 4 is 28.5 Å². The summed E-state index contributed by atoms with van der Waals surface area (Å²) in [6, 6.07) is 20.0. The largest absolute Gasteiger partial charge is 0.335 e. The van der Waals surface area contributed by atoms with Crippen LogP contribution in [0.5, 0.6) is 0 Å². The summed E-state index contributed by atoms with van der Waals surface area (Å²) in [6.45, 7) is 4.69. The van der Waals surface area contributed by atoms with Crippen molar-refractivity contribution in [3.8, 4) is 6.07 Å². The number of nitrogens with zero attached hydrogens (tertiary/aromatic N) is 3. The minimum absolute atomic E-state index is 0.0846. The van der Waals surface area contributed by atoms with Crippen LogP contribution in [0.25, 0.3) is 10.8 Å². The molecule has 1 heterocycles. The lowest BCUT2D eigenvalue weighted by Crippen LogP contribution is -2.41. The third-order valence-corrected chi connectivity index (χ3v) is 5.79. The van der Waals surface area contributed by atoms with Gasteiger partial charge in [0.2, 0.25) is 5.91 Å². The van der Waals surface area contributed by atoms with E-state index in [9.17, 15) is 14.4 Å². The van der Waals surface area contributed by atoms with Crippen molar-refractivity contribution in [3.05, 3.63) is 95.6 Å². The van der Waals surface area contributed by atoms with Crippen molar-refractivity contribution in [2.24, 2.45) is 0 Å². The Morgan fingerprint density at radius 1 is 1.00 bits per heavy atom. The molecular formula is C27H23N3O3. The number of hydrogen-bond donors (Lipinski definition) is 0. The van der Waals surface area contributed by atoms with E-state index < -0.39 is 0 Å². The molecule has 0 radical (unpaired) electrons. The fraction of sp³-hybridized carbons (Fsp3) is 0.185. The van der Waals surface area contributed by atoms with Gasteiger partial charge >= 0.3 is 0 Å². The number of carbonyl (C=O) groups is 3. The van der Waals surface area contributed by atoms with Crippen LogP contribution in [-0.2, 0) is 11.3 Å². The van der Waals surface area contributed by atoms with Crippen molar-refractivity contribution in [3.63, 3.8) is 0 Å². The fourth-order valence-corrected chi connectivity index (χ4v) is 4.15. The Morgan fingerprint density at radius 3 is 2.21 bits per heavy atom. The first-order valence-electron chi connectivity index (χ1n) is 10.8. The molecule has 4 rings (SSSR count). The molecule has 33 heavy (non-hydrogen) atoms. The van der Waals surface area contributed by atoms with Crippen molar-refractivity contribution in [2.75, 3.05) is 13.1 Å². The summed E-state index contributed by atoms with van der Waals surface area (Å²) in [5.74, 6) is -0.728. The number of hydrogen-bond acceptors (Lipinski definition) is 4. The highest BCUT2D eigenvalue weighted by molar-refractivity contribution is 6.25. The van der Waals surface area contributed by atoms with E-state index in [1.54, 1.807) is 35.2 Å². The number of nitriles is 1. The molecule has 0 atom stereocenters. The van der Waals surface area contributed by atoms with Gasteiger partial charge in [-0.15, -0.1) is 6.58 Å². The van der Waals surface area contributed by atoms with Crippen molar-refractivity contribution in [1.29, 1.82) is 5.26 Å². The van der Waals surface area contributed by atoms with Gasteiger partial charge in [-0.1, -0.05) is 42.5 Å². The second-order valence-corrected chi connectivity index (χ2v) is 7.95. The van der Waals surface area contributed by atoms with Gasteiger partial charge in [0.05, 0.1) is 11.6 Å². The highest BCUT2D eigenvalue weighted by Gasteiger charge is 2.32. The van der Waals surface area contributed by atoms with Crippen molar-refractivity contribution < 1.29 is 14.4 Å². The summed E-state index contributed by atoms with van der Waals surface area (Å²) >= 11 is 0. The van der Waals surface area contributed by atoms with Gasteiger partial charge in [0.25, 0.3) is 11.8 Å². The number of benzene rings is 3. The lowest BCUT2D eigenvalue weighted by molar-refractivity contribution is -0.131. The molecule has 0 N–H and O–H groups in total. The van der Waals surface area contributed by atoms with Crippen LogP contribution in [0.2, 0.25) is 0 Å². The molecule has 0 bridgehead atoms. The lowest BCUT2D eigenvalue weighted by atomic mass is 9.94. The highest BCUT2D eigenvalue weighted by Crippen LogP contribution is 2.30. The lowest BCUT2D eigenvalue weighted by Gasteiger charge is -2.27. The van der Waals surface area contributed by atoms with Gasteiger partial charge < -0.3 is 4.90 Å². The number of amides is 3. The SMILES string of the molecule is C=CCN(Cc1ccc(C#N)cc1)C(=O)CCCN1C(=O)c2cccc3cccc(c23)C1=O. The first-order chi connectivity index (χ1) is 16.0. The third-order valence-electron chi connectivity index (χ3n) is 5.79. The predicted octanol–water partition coefficient (Wildman–Crippen LogP) is 4.30. The Bertz CT molecular complexity index is 1240. The van der Waals surface area contributed by atoms with E-state index in [4.69, 9.17) is 5.26 Å². The molecule has 6 heteroatoms. The first kappa shape index (κ1) is 22.0. The smallest absolute Gasteiger partial charge is 0.261 e. The Balaban J connectivity index is 1.42. The molecule has 1 aliphatic heterocycles. The average molecular weight is 437 g/mol. The Labute approximate surface area is 192 Å². The molecule has 6 nitrogen and oxygen atoms in total. The van der Waals surface area contributed by atoms with Crippen LogP contribution in [0.4, 0.5) is 0 Å². The zero-order valence-corrected chi connectivity index (χ0v) is 18.2. The second-order valence-electron chi connectivity index (χ2n) is 7.95. The maximum atomic E-state index is 13.0. The second kappa shape index (κ2) is 9.49. The first-order valence-corrected chi connectivity index (χ1v) is 10.8. The maximum absolute atomic E-state index is 13.0. The maximum Gasteiger partial charge on any atom is 0.261 e. The molecule has 3 amide bonds. The monoisotopic (exact) mass is 437 g/mol. The molecule has 0 unspecified atom stereocenters. The molecule has 164 valence electrons. The normalized spacial score (nSPS) is 12.5. The standard InChI is InChI=1S/C27H23N3O3/c1-2-15-29(18-20-13-11-19(17-28)12-14-20)24(31)10-5-16-30-26(32)22-8-3-6-21-7-4-9-23(25(21)22)27(30)33/h2-4,6-9,11-14H,1,5,10,15-16,18H2. The highest BCUT2D eigenvalue weighted by atomic mass is 16.2. The summed E-state index contributed by atoms with van der Waals surface area (Å²) in [5, 5.41) is 10.5. The van der Waals surface area contributed by atoms with Crippen LogP contribution >= 0.6 is 0 Å². The van der Waals surface area contributed by atoms with Crippen LogP contribution in [0.1, 0.15) is 44.7 Å². The molecule has 3 aromatic carbocycles. The molecule has 0 aromatic heterocycles. The summed E-state index contributed by atoms with van der Waals surface area (Å²) < 4.78 is 0. The quantitative estimate of drug-likeness (QED) is 0.389. The molecule has 0 saturated carbocycles. The molecule has 0 spiro atoms. The van der Waals surface area contributed by atoms with E-state index in [-0.39, 0.29) is 30.7 Å². The summed E-state index contributed by atoms with van der Waals surface area (Å²) in [4.78, 5) is 41.8. The molecule has 1 aliphatic rings. The zero-order chi connectivity index (χ0) is 23.4. The molecule has 0 fully saturated rings. The van der Waals surface area contributed by atoms with Crippen LogP contribution in [-0.4, -0.2) is 40.6 Å². The Hall–Kier alpha value is -4.24. The molecule has 0 aliphatic carbocycles. The van der Waals surface area contributed by atoms with Crippen LogP contribution in [0.15, 0.2) is 73.3 Å². The van der Waals surface area contributed by atoms with Gasteiger partial charge in [-0.2, -0.15) is 5.26 Å². The van der Waals surface area contributed by atoms with Gasteiger partial charge in [-0.25, -0.2) is 0 Å². The summed E-state index contributed by atoms with van der Waals surface area (Å²) in [6.07, 6.45) is 2.24. The van der Waals surface area contributed by atoms with E-state index in [2.05, 4.69) is 12.6 Å². The zero-order valence-electron chi connectivity index (χ0n) is 18.2. The fourth-order valence-electron chi connectivity index (χ4n) is 4.15. The van der Waals surface area contributed by atoms with Gasteiger partial charge in [0.1, 0.15) is 0 Å². The molecular weight excluding hydrogens is 414 g/mol. The van der Waals surface area contributed by atoms with E-state index in [1.165, 1.54) is 4.90 Å². The van der Waals surface area contributed by atoms with Crippen LogP contribution < -0.4 is 0 Å². The summed E-state index contributed by atoms with van der Waals surface area (Å²) in [5.41, 5.74) is 2.51.